The van der Waals surface area contributed by atoms with Crippen LogP contribution in [0.25, 0.3) is 0 Å². The Bertz CT molecular complexity index is 1040. The predicted molar refractivity (Wildman–Crippen MR) is 114 cm³/mol. The van der Waals surface area contributed by atoms with Gasteiger partial charge in [0.1, 0.15) is 5.82 Å². The summed E-state index contributed by atoms with van der Waals surface area (Å²) in [4.78, 5) is 16.4. The first kappa shape index (κ1) is 20.9. The van der Waals surface area contributed by atoms with Crippen molar-refractivity contribution in [2.75, 3.05) is 19.0 Å². The highest BCUT2D eigenvalue weighted by Gasteiger charge is 2.07. The monoisotopic (exact) mass is 404 g/mol. The van der Waals surface area contributed by atoms with Crippen LogP contribution in [0.5, 0.6) is 11.5 Å². The molecule has 30 heavy (non-hydrogen) atoms. The molecule has 0 aliphatic heterocycles. The largest absolute Gasteiger partial charge is 0.493 e. The molecule has 0 atom stereocenters. The second-order valence-corrected chi connectivity index (χ2v) is 6.78. The summed E-state index contributed by atoms with van der Waals surface area (Å²) in [6.45, 7) is 3.09. The molecule has 0 aliphatic carbocycles. The van der Waals surface area contributed by atoms with E-state index in [9.17, 15) is 4.79 Å². The van der Waals surface area contributed by atoms with E-state index in [-0.39, 0.29) is 5.91 Å². The van der Waals surface area contributed by atoms with E-state index in [0.717, 1.165) is 23.6 Å². The maximum absolute atomic E-state index is 12.2. The summed E-state index contributed by atoms with van der Waals surface area (Å²) in [6, 6.07) is 14.8. The average Bonchev–Trinajstić information content (AvgIpc) is 3.17. The number of aromatic nitrogens is 2. The number of hydrogen-bond acceptors (Lipinski definition) is 5. The molecule has 0 spiro atoms. The van der Waals surface area contributed by atoms with E-state index in [2.05, 4.69) is 20.9 Å². The van der Waals surface area contributed by atoms with Crippen molar-refractivity contribution in [3.05, 3.63) is 71.8 Å². The summed E-state index contributed by atoms with van der Waals surface area (Å²) in [5.41, 5.74) is 2.41. The molecule has 1 aromatic heterocycles. The third-order valence-electron chi connectivity index (χ3n) is 4.61. The van der Waals surface area contributed by atoms with Crippen molar-refractivity contribution in [3.8, 4) is 17.6 Å². The normalized spacial score (nSPS) is 10.3. The van der Waals surface area contributed by atoms with Gasteiger partial charge in [-0.15, -0.1) is 0 Å². The molecule has 0 saturated carbocycles. The first-order valence-corrected chi connectivity index (χ1v) is 9.66. The molecule has 154 valence electrons. The third kappa shape index (κ3) is 5.61. The highest BCUT2D eigenvalue weighted by atomic mass is 16.5. The van der Waals surface area contributed by atoms with Crippen LogP contribution >= 0.6 is 0 Å². The van der Waals surface area contributed by atoms with Gasteiger partial charge >= 0.3 is 0 Å². The van der Waals surface area contributed by atoms with E-state index in [1.807, 2.05) is 37.4 Å². The number of aryl methyl sites for hydroxylation is 1. The fraction of sp³-hybridized carbons (Fsp3) is 0.261. The SMILES string of the molecule is COc1cc(C#N)ccc1OCCCC(=O)Nc1ccc(Cn2ccnc2C)cc1. The van der Waals surface area contributed by atoms with Crippen LogP contribution in [0.15, 0.2) is 54.9 Å². The van der Waals surface area contributed by atoms with Crippen molar-refractivity contribution in [1.29, 1.82) is 5.26 Å². The topological polar surface area (TPSA) is 89.2 Å². The Labute approximate surface area is 175 Å². The minimum Gasteiger partial charge on any atom is -0.493 e. The number of carbonyl (C=O) groups excluding carboxylic acids is 1. The summed E-state index contributed by atoms with van der Waals surface area (Å²) >= 11 is 0. The van der Waals surface area contributed by atoms with Gasteiger partial charge in [-0.25, -0.2) is 4.98 Å². The number of nitrogens with one attached hydrogen (secondary N) is 1. The molecule has 0 saturated heterocycles. The van der Waals surface area contributed by atoms with Crippen LogP contribution < -0.4 is 14.8 Å². The third-order valence-corrected chi connectivity index (χ3v) is 4.61. The van der Waals surface area contributed by atoms with Crippen molar-refractivity contribution in [3.63, 3.8) is 0 Å². The van der Waals surface area contributed by atoms with Gasteiger partial charge in [-0.1, -0.05) is 12.1 Å². The number of carbonyl (C=O) groups is 1. The highest BCUT2D eigenvalue weighted by molar-refractivity contribution is 5.90. The van der Waals surface area contributed by atoms with E-state index < -0.39 is 0 Å². The zero-order valence-corrected chi connectivity index (χ0v) is 17.1. The van der Waals surface area contributed by atoms with Crippen LogP contribution in [0.4, 0.5) is 5.69 Å². The number of methoxy groups -OCH3 is 1. The molecule has 0 fully saturated rings. The number of amides is 1. The van der Waals surface area contributed by atoms with Crippen molar-refractivity contribution < 1.29 is 14.3 Å². The van der Waals surface area contributed by atoms with E-state index in [1.165, 1.54) is 7.11 Å². The number of anilines is 1. The van der Waals surface area contributed by atoms with Crippen LogP contribution in [-0.2, 0) is 11.3 Å². The molecule has 7 heteroatoms. The Morgan fingerprint density at radius 3 is 2.67 bits per heavy atom. The molecule has 3 aromatic rings. The second kappa shape index (κ2) is 10.1. The molecule has 1 amide bonds. The lowest BCUT2D eigenvalue weighted by Crippen LogP contribution is -2.13. The molecule has 3 rings (SSSR count). The van der Waals surface area contributed by atoms with Crippen LogP contribution in [0.1, 0.15) is 29.8 Å². The van der Waals surface area contributed by atoms with Gasteiger partial charge in [0.2, 0.25) is 5.91 Å². The fourth-order valence-electron chi connectivity index (χ4n) is 2.96. The number of ether oxygens (including phenoxy) is 2. The zero-order chi connectivity index (χ0) is 21.3. The van der Waals surface area contributed by atoms with Gasteiger partial charge in [0, 0.05) is 37.1 Å². The van der Waals surface area contributed by atoms with Gasteiger partial charge in [0.25, 0.3) is 0 Å². The minimum atomic E-state index is -0.0661. The summed E-state index contributed by atoms with van der Waals surface area (Å²) in [7, 11) is 1.53. The highest BCUT2D eigenvalue weighted by Crippen LogP contribution is 2.28. The van der Waals surface area contributed by atoms with Crippen molar-refractivity contribution in [1.82, 2.24) is 9.55 Å². The van der Waals surface area contributed by atoms with Gasteiger partial charge in [-0.3, -0.25) is 4.79 Å². The van der Waals surface area contributed by atoms with Crippen LogP contribution in [0, 0.1) is 18.3 Å². The van der Waals surface area contributed by atoms with Gasteiger partial charge < -0.3 is 19.4 Å². The quantitative estimate of drug-likeness (QED) is 0.546. The molecule has 2 aromatic carbocycles. The van der Waals surface area contributed by atoms with E-state index in [4.69, 9.17) is 14.7 Å². The molecular weight excluding hydrogens is 380 g/mol. The van der Waals surface area contributed by atoms with Crippen molar-refractivity contribution in [2.45, 2.75) is 26.3 Å². The number of nitrogens with zero attached hydrogens (tertiary/aromatic N) is 3. The standard InChI is InChI=1S/C23H24N4O3/c1-17-25-11-12-27(17)16-18-5-8-20(9-6-18)26-23(28)4-3-13-30-21-10-7-19(15-24)14-22(21)29-2/h5-12,14H,3-4,13,16H2,1-2H3,(H,26,28). The Morgan fingerprint density at radius 1 is 1.20 bits per heavy atom. The Hall–Kier alpha value is -3.79. The maximum Gasteiger partial charge on any atom is 0.224 e. The van der Waals surface area contributed by atoms with Crippen LogP contribution in [-0.4, -0.2) is 29.2 Å². The Kier molecular flexibility index (Phi) is 7.06. The molecule has 1 heterocycles. The van der Waals surface area contributed by atoms with Gasteiger partial charge in [0.05, 0.1) is 25.3 Å². The first-order valence-electron chi connectivity index (χ1n) is 9.66. The second-order valence-electron chi connectivity index (χ2n) is 6.78. The van der Waals surface area contributed by atoms with Crippen molar-refractivity contribution >= 4 is 11.6 Å². The van der Waals surface area contributed by atoms with Crippen molar-refractivity contribution in [2.24, 2.45) is 0 Å². The summed E-state index contributed by atoms with van der Waals surface area (Å²) in [6.07, 6.45) is 4.63. The van der Waals surface area contributed by atoms with Crippen LogP contribution in [0.3, 0.4) is 0 Å². The number of rotatable bonds is 9. The molecule has 0 aliphatic rings. The lowest BCUT2D eigenvalue weighted by Gasteiger charge is -2.11. The van der Waals surface area contributed by atoms with Gasteiger partial charge in [-0.2, -0.15) is 5.26 Å². The van der Waals surface area contributed by atoms with Crippen LogP contribution in [0.2, 0.25) is 0 Å². The lowest BCUT2D eigenvalue weighted by molar-refractivity contribution is -0.116. The lowest BCUT2D eigenvalue weighted by atomic mass is 10.2. The zero-order valence-electron chi connectivity index (χ0n) is 17.1. The van der Waals surface area contributed by atoms with E-state index in [0.29, 0.717) is 36.5 Å². The predicted octanol–water partition coefficient (Wildman–Crippen LogP) is 3.92. The smallest absolute Gasteiger partial charge is 0.224 e. The van der Waals surface area contributed by atoms with Gasteiger partial charge in [0.15, 0.2) is 11.5 Å². The molecule has 1 N–H and O–H groups in total. The first-order chi connectivity index (χ1) is 14.6. The van der Waals surface area contributed by atoms with E-state index in [1.54, 1.807) is 24.4 Å². The molecule has 0 radical (unpaired) electrons. The van der Waals surface area contributed by atoms with Gasteiger partial charge in [-0.05, 0) is 43.2 Å². The number of imidazole rings is 1. The van der Waals surface area contributed by atoms with E-state index >= 15 is 0 Å². The molecule has 7 nitrogen and oxygen atoms in total. The number of nitriles is 1. The molecule has 0 bridgehead atoms. The minimum absolute atomic E-state index is 0.0661. The Morgan fingerprint density at radius 2 is 2.00 bits per heavy atom. The maximum atomic E-state index is 12.2. The molecule has 0 unspecified atom stereocenters. The average molecular weight is 404 g/mol. The summed E-state index contributed by atoms with van der Waals surface area (Å²) in [5.74, 6) is 1.96. The fourth-order valence-corrected chi connectivity index (χ4v) is 2.96. The molecular formula is C23H24N4O3. The Balaban J connectivity index is 1.43. The summed E-state index contributed by atoms with van der Waals surface area (Å²) in [5, 5.41) is 11.8. The number of benzene rings is 2. The number of hydrogen-bond donors (Lipinski definition) is 1. The summed E-state index contributed by atoms with van der Waals surface area (Å²) < 4.78 is 13.0.